The first-order valence-corrected chi connectivity index (χ1v) is 11.0. The number of piperidine rings is 2. The molecule has 2 aromatic heterocycles. The summed E-state index contributed by atoms with van der Waals surface area (Å²) in [6.07, 6.45) is 4.77. The molecule has 0 bridgehead atoms. The highest BCUT2D eigenvalue weighted by atomic mass is 32.1. The van der Waals surface area contributed by atoms with Gasteiger partial charge in [0, 0.05) is 37.0 Å². The van der Waals surface area contributed by atoms with Crippen molar-refractivity contribution in [3.05, 3.63) is 16.8 Å². The molecular formula is C21H30N4OS. The molecule has 2 aliphatic heterocycles. The highest BCUT2D eigenvalue weighted by Crippen LogP contribution is 2.36. The van der Waals surface area contributed by atoms with Crippen LogP contribution in [0.5, 0.6) is 0 Å². The van der Waals surface area contributed by atoms with Crippen LogP contribution >= 0.6 is 11.3 Å². The van der Waals surface area contributed by atoms with Crippen molar-refractivity contribution in [2.24, 2.45) is 17.8 Å². The summed E-state index contributed by atoms with van der Waals surface area (Å²) in [5.41, 5.74) is 1.29. The summed E-state index contributed by atoms with van der Waals surface area (Å²) in [4.78, 5) is 29.0. The molecule has 2 fully saturated rings. The maximum absolute atomic E-state index is 13.0. The maximum atomic E-state index is 13.0. The van der Waals surface area contributed by atoms with Crippen LogP contribution in [0.4, 0.5) is 5.82 Å². The number of hydrogen-bond acceptors (Lipinski definition) is 5. The molecule has 2 aliphatic rings. The zero-order chi connectivity index (χ0) is 19.1. The Morgan fingerprint density at radius 3 is 2.44 bits per heavy atom. The summed E-state index contributed by atoms with van der Waals surface area (Å²) in [6, 6.07) is 0. The maximum Gasteiger partial charge on any atom is 0.225 e. The van der Waals surface area contributed by atoms with E-state index < -0.39 is 0 Å². The second-order valence-corrected chi connectivity index (χ2v) is 9.81. The number of nitrogens with zero attached hydrogens (tertiary/aromatic N) is 4. The predicted octanol–water partition coefficient (Wildman–Crippen LogP) is 4.03. The molecule has 0 spiro atoms. The Bertz CT molecular complexity index is 830. The topological polar surface area (TPSA) is 49.3 Å². The summed E-state index contributed by atoms with van der Waals surface area (Å²) < 4.78 is 0. The lowest BCUT2D eigenvalue weighted by Gasteiger charge is -2.39. The van der Waals surface area contributed by atoms with Crippen LogP contribution in [0.15, 0.2) is 6.33 Å². The fraction of sp³-hybridized carbons (Fsp3) is 0.667. The number of aryl methyl sites for hydroxylation is 2. The van der Waals surface area contributed by atoms with Crippen LogP contribution < -0.4 is 4.90 Å². The van der Waals surface area contributed by atoms with Crippen LogP contribution in [0, 0.1) is 31.6 Å². The number of anilines is 1. The highest BCUT2D eigenvalue weighted by molar-refractivity contribution is 7.18. The lowest BCUT2D eigenvalue weighted by atomic mass is 9.89. The Labute approximate surface area is 165 Å². The number of thiophene rings is 1. The van der Waals surface area contributed by atoms with Crippen LogP contribution in [0.3, 0.4) is 0 Å². The standard InChI is InChI=1S/C21H30N4OS/c1-13-9-14(2)11-25(10-13)21(26)17-5-7-24(8-6-17)19-18-15(3)16(4)27-20(18)23-12-22-19/h12-14,17H,5-11H2,1-4H3. The van der Waals surface area contributed by atoms with Crippen molar-refractivity contribution < 1.29 is 4.79 Å². The Morgan fingerprint density at radius 2 is 1.78 bits per heavy atom. The first kappa shape index (κ1) is 18.7. The van der Waals surface area contributed by atoms with Crippen molar-refractivity contribution >= 4 is 33.3 Å². The van der Waals surface area contributed by atoms with Crippen molar-refractivity contribution in [1.82, 2.24) is 14.9 Å². The Balaban J connectivity index is 1.46. The third kappa shape index (κ3) is 3.56. The average molecular weight is 387 g/mol. The molecule has 4 rings (SSSR count). The molecule has 0 aliphatic carbocycles. The molecule has 4 heterocycles. The number of likely N-dealkylation sites (tertiary alicyclic amines) is 1. The van der Waals surface area contributed by atoms with Gasteiger partial charge in [-0.2, -0.15) is 0 Å². The summed E-state index contributed by atoms with van der Waals surface area (Å²) >= 11 is 1.74. The zero-order valence-corrected chi connectivity index (χ0v) is 17.7. The van der Waals surface area contributed by atoms with Crippen molar-refractivity contribution in [2.45, 2.75) is 47.0 Å². The van der Waals surface area contributed by atoms with E-state index in [1.54, 1.807) is 17.7 Å². The molecule has 0 aromatic carbocycles. The molecule has 0 N–H and O–H groups in total. The molecule has 2 saturated heterocycles. The van der Waals surface area contributed by atoms with Gasteiger partial charge in [0.25, 0.3) is 0 Å². The summed E-state index contributed by atoms with van der Waals surface area (Å²) in [5, 5.41) is 1.20. The third-order valence-electron chi connectivity index (χ3n) is 6.27. The second-order valence-electron chi connectivity index (χ2n) is 8.61. The van der Waals surface area contributed by atoms with E-state index in [0.717, 1.165) is 49.7 Å². The van der Waals surface area contributed by atoms with Crippen LogP contribution in [-0.4, -0.2) is 47.0 Å². The number of carbonyl (C=O) groups is 1. The number of rotatable bonds is 2. The van der Waals surface area contributed by atoms with Crippen LogP contribution in [0.1, 0.15) is 43.6 Å². The van der Waals surface area contributed by atoms with E-state index >= 15 is 0 Å². The van der Waals surface area contributed by atoms with Crippen LogP contribution in [0.2, 0.25) is 0 Å². The molecule has 2 unspecified atom stereocenters. The molecule has 6 heteroatoms. The van der Waals surface area contributed by atoms with Gasteiger partial charge in [-0.3, -0.25) is 4.79 Å². The first-order chi connectivity index (χ1) is 12.9. The van der Waals surface area contributed by atoms with E-state index in [9.17, 15) is 4.79 Å². The summed E-state index contributed by atoms with van der Waals surface area (Å²) in [5.74, 6) is 2.84. The van der Waals surface area contributed by atoms with E-state index in [-0.39, 0.29) is 5.92 Å². The van der Waals surface area contributed by atoms with Crippen molar-refractivity contribution in [1.29, 1.82) is 0 Å². The number of aromatic nitrogens is 2. The van der Waals surface area contributed by atoms with Gasteiger partial charge in [0.15, 0.2) is 0 Å². The Morgan fingerprint density at radius 1 is 1.11 bits per heavy atom. The van der Waals surface area contributed by atoms with Gasteiger partial charge in [0.2, 0.25) is 5.91 Å². The molecule has 2 aromatic rings. The normalized spacial score (nSPS) is 24.6. The van der Waals surface area contributed by atoms with Gasteiger partial charge in [-0.05, 0) is 50.5 Å². The van der Waals surface area contributed by atoms with E-state index in [1.165, 1.54) is 22.2 Å². The van der Waals surface area contributed by atoms with Gasteiger partial charge in [-0.25, -0.2) is 9.97 Å². The molecule has 0 radical (unpaired) electrons. The zero-order valence-electron chi connectivity index (χ0n) is 16.9. The minimum absolute atomic E-state index is 0.168. The molecule has 1 amide bonds. The largest absolute Gasteiger partial charge is 0.356 e. The summed E-state index contributed by atoms with van der Waals surface area (Å²) in [7, 11) is 0. The second kappa shape index (κ2) is 7.38. The first-order valence-electron chi connectivity index (χ1n) is 10.2. The highest BCUT2D eigenvalue weighted by Gasteiger charge is 2.33. The van der Waals surface area contributed by atoms with Crippen molar-refractivity contribution in [2.75, 3.05) is 31.1 Å². The van der Waals surface area contributed by atoms with Gasteiger partial charge < -0.3 is 9.80 Å². The van der Waals surface area contributed by atoms with Crippen molar-refractivity contribution in [3.63, 3.8) is 0 Å². The smallest absolute Gasteiger partial charge is 0.225 e. The minimum atomic E-state index is 0.168. The molecule has 146 valence electrons. The van der Waals surface area contributed by atoms with E-state index in [4.69, 9.17) is 0 Å². The Hall–Kier alpha value is -1.69. The molecule has 27 heavy (non-hydrogen) atoms. The predicted molar refractivity (Wildman–Crippen MR) is 111 cm³/mol. The number of fused-ring (bicyclic) bond motifs is 1. The lowest BCUT2D eigenvalue weighted by Crippen LogP contribution is -2.48. The van der Waals surface area contributed by atoms with Gasteiger partial charge in [0.1, 0.15) is 17.0 Å². The van der Waals surface area contributed by atoms with E-state index in [0.29, 0.717) is 17.7 Å². The minimum Gasteiger partial charge on any atom is -0.356 e. The van der Waals surface area contributed by atoms with Gasteiger partial charge in [0.05, 0.1) is 5.39 Å². The molecule has 5 nitrogen and oxygen atoms in total. The van der Waals surface area contributed by atoms with E-state index in [1.807, 2.05) is 0 Å². The fourth-order valence-electron chi connectivity index (χ4n) is 4.84. The fourth-order valence-corrected chi connectivity index (χ4v) is 5.83. The molecule has 0 saturated carbocycles. The number of amides is 1. The van der Waals surface area contributed by atoms with E-state index in [2.05, 4.69) is 47.5 Å². The molecule has 2 atom stereocenters. The molecular weight excluding hydrogens is 356 g/mol. The third-order valence-corrected chi connectivity index (χ3v) is 7.38. The number of hydrogen-bond donors (Lipinski definition) is 0. The van der Waals surface area contributed by atoms with Crippen molar-refractivity contribution in [3.8, 4) is 0 Å². The van der Waals surface area contributed by atoms with Gasteiger partial charge >= 0.3 is 0 Å². The quantitative estimate of drug-likeness (QED) is 0.782. The average Bonchev–Trinajstić information content (AvgIpc) is 2.95. The van der Waals surface area contributed by atoms with Gasteiger partial charge in [-0.15, -0.1) is 11.3 Å². The Kier molecular flexibility index (Phi) is 5.10. The monoisotopic (exact) mass is 386 g/mol. The van der Waals surface area contributed by atoms with Gasteiger partial charge in [-0.1, -0.05) is 13.8 Å². The lowest BCUT2D eigenvalue weighted by molar-refractivity contribution is -0.138. The SMILES string of the molecule is Cc1sc2ncnc(N3CCC(C(=O)N4CC(C)CC(C)C4)CC3)c2c1C. The summed E-state index contributed by atoms with van der Waals surface area (Å²) in [6.45, 7) is 12.5. The van der Waals surface area contributed by atoms with Crippen LogP contribution in [-0.2, 0) is 4.79 Å². The number of carbonyl (C=O) groups excluding carboxylic acids is 1. The van der Waals surface area contributed by atoms with Crippen LogP contribution in [0.25, 0.3) is 10.2 Å².